The fraction of sp³-hybridized carbons (Fsp3) is 0.150. The molecule has 0 saturated carbocycles. The number of rotatable bonds is 2. The van der Waals surface area contributed by atoms with Gasteiger partial charge in [0.2, 0.25) is 6.23 Å². The van der Waals surface area contributed by atoms with E-state index in [-0.39, 0.29) is 18.1 Å². The number of hydrogen-bond acceptors (Lipinski definition) is 4. The molecule has 0 radical (unpaired) electrons. The summed E-state index contributed by atoms with van der Waals surface area (Å²) in [7, 11) is 0. The van der Waals surface area contributed by atoms with E-state index in [1.807, 2.05) is 29.3 Å². The molecule has 2 aliphatic heterocycles. The molecule has 124 valence electrons. The molecule has 0 saturated heterocycles. The molecule has 3 aromatic rings. The largest absolute Gasteiger partial charge is 0.464 e. The van der Waals surface area contributed by atoms with E-state index in [9.17, 15) is 4.39 Å². The van der Waals surface area contributed by atoms with Gasteiger partial charge in [-0.25, -0.2) is 9.40 Å². The van der Waals surface area contributed by atoms with E-state index in [4.69, 9.17) is 9.84 Å². The molecule has 25 heavy (non-hydrogen) atoms. The van der Waals surface area contributed by atoms with Crippen molar-refractivity contribution in [1.82, 2.24) is 5.01 Å². The van der Waals surface area contributed by atoms with Gasteiger partial charge in [-0.2, -0.15) is 5.10 Å². The van der Waals surface area contributed by atoms with Gasteiger partial charge in [-0.15, -0.1) is 11.3 Å². The summed E-state index contributed by atoms with van der Waals surface area (Å²) in [6, 6.07) is 18.9. The Bertz CT molecular complexity index is 937. The quantitative estimate of drug-likeness (QED) is 0.640. The van der Waals surface area contributed by atoms with Gasteiger partial charge in [0, 0.05) is 12.0 Å². The molecule has 3 heterocycles. The summed E-state index contributed by atoms with van der Waals surface area (Å²) >= 11 is 1.67. The summed E-state index contributed by atoms with van der Waals surface area (Å²) in [4.78, 5) is 1.13. The van der Waals surface area contributed by atoms with Crippen molar-refractivity contribution in [3.05, 3.63) is 87.9 Å². The van der Waals surface area contributed by atoms with E-state index < -0.39 is 0 Å². The summed E-state index contributed by atoms with van der Waals surface area (Å²) in [5, 5.41) is 8.95. The van der Waals surface area contributed by atoms with Gasteiger partial charge in [0.25, 0.3) is 0 Å². The van der Waals surface area contributed by atoms with Gasteiger partial charge < -0.3 is 4.74 Å². The Balaban J connectivity index is 1.59. The van der Waals surface area contributed by atoms with Crippen molar-refractivity contribution in [3.8, 4) is 5.75 Å². The second kappa shape index (κ2) is 5.70. The van der Waals surface area contributed by atoms with E-state index >= 15 is 0 Å². The fourth-order valence-corrected chi connectivity index (χ4v) is 4.21. The van der Waals surface area contributed by atoms with Crippen LogP contribution in [-0.4, -0.2) is 10.7 Å². The molecule has 3 nitrogen and oxygen atoms in total. The number of benzene rings is 2. The first-order valence-corrected chi connectivity index (χ1v) is 9.08. The second-order valence-corrected chi connectivity index (χ2v) is 7.16. The third-order valence-electron chi connectivity index (χ3n) is 4.66. The normalized spacial score (nSPS) is 21.3. The predicted octanol–water partition coefficient (Wildman–Crippen LogP) is 5.13. The Hall–Kier alpha value is -2.66. The Kier molecular flexibility index (Phi) is 3.35. The molecular formula is C20H15FN2OS. The molecule has 2 aromatic carbocycles. The number of fused-ring (bicyclic) bond motifs is 3. The maximum absolute atomic E-state index is 13.2. The van der Waals surface area contributed by atoms with Crippen LogP contribution in [0.25, 0.3) is 0 Å². The van der Waals surface area contributed by atoms with Crippen LogP contribution >= 0.6 is 11.3 Å². The Labute approximate surface area is 149 Å². The van der Waals surface area contributed by atoms with Crippen molar-refractivity contribution in [2.75, 3.05) is 0 Å². The highest BCUT2D eigenvalue weighted by atomic mass is 32.1. The van der Waals surface area contributed by atoms with Crippen LogP contribution in [0.15, 0.2) is 71.1 Å². The Morgan fingerprint density at radius 3 is 2.68 bits per heavy atom. The summed E-state index contributed by atoms with van der Waals surface area (Å²) < 4.78 is 19.5. The summed E-state index contributed by atoms with van der Waals surface area (Å²) in [6.45, 7) is 0. The molecule has 1 aromatic heterocycles. The number of hydrazone groups is 1. The van der Waals surface area contributed by atoms with E-state index in [1.54, 1.807) is 23.5 Å². The highest BCUT2D eigenvalue weighted by Gasteiger charge is 2.41. The van der Waals surface area contributed by atoms with Gasteiger partial charge in [0.15, 0.2) is 0 Å². The lowest BCUT2D eigenvalue weighted by atomic mass is 9.96. The summed E-state index contributed by atoms with van der Waals surface area (Å²) in [5.41, 5.74) is 3.07. The van der Waals surface area contributed by atoms with E-state index in [2.05, 4.69) is 17.5 Å². The molecule has 2 aliphatic rings. The standard InChI is InChI=1S/C20H15FN2OS/c21-14-9-7-13(8-10-14)16-12-17-15-4-1-2-5-18(15)24-20(23(17)22-16)19-6-3-11-25-19/h1-11,17,20H,12H2/t17-,20+/m0/s1. The van der Waals surface area contributed by atoms with Crippen LogP contribution in [0.3, 0.4) is 0 Å². The van der Waals surface area contributed by atoms with Crippen LogP contribution in [0.5, 0.6) is 5.75 Å². The van der Waals surface area contributed by atoms with Crippen molar-refractivity contribution in [1.29, 1.82) is 0 Å². The van der Waals surface area contributed by atoms with Crippen LogP contribution in [0.2, 0.25) is 0 Å². The zero-order chi connectivity index (χ0) is 16.8. The highest BCUT2D eigenvalue weighted by Crippen LogP contribution is 2.47. The SMILES string of the molecule is Fc1ccc(C2=NN3[C@@H](c4cccs4)Oc4ccccc4[C@@H]3C2)cc1. The maximum Gasteiger partial charge on any atom is 0.222 e. The first-order chi connectivity index (χ1) is 12.3. The number of ether oxygens (including phenoxy) is 1. The first-order valence-electron chi connectivity index (χ1n) is 8.20. The van der Waals surface area contributed by atoms with Crippen molar-refractivity contribution < 1.29 is 9.13 Å². The minimum atomic E-state index is -0.231. The fourth-order valence-electron chi connectivity index (χ4n) is 3.47. The van der Waals surface area contributed by atoms with Crippen LogP contribution in [0.4, 0.5) is 4.39 Å². The average molecular weight is 350 g/mol. The topological polar surface area (TPSA) is 24.8 Å². The molecule has 5 rings (SSSR count). The van der Waals surface area contributed by atoms with Crippen LogP contribution in [0, 0.1) is 5.82 Å². The van der Waals surface area contributed by atoms with Crippen LogP contribution in [0.1, 0.15) is 34.7 Å². The van der Waals surface area contributed by atoms with Crippen molar-refractivity contribution in [2.24, 2.45) is 5.10 Å². The summed E-state index contributed by atoms with van der Waals surface area (Å²) in [6.07, 6.45) is 0.561. The number of halogens is 1. The van der Waals surface area contributed by atoms with Gasteiger partial charge in [0.05, 0.1) is 16.6 Å². The molecule has 0 fully saturated rings. The van der Waals surface area contributed by atoms with Crippen molar-refractivity contribution >= 4 is 17.0 Å². The molecule has 0 N–H and O–H groups in total. The van der Waals surface area contributed by atoms with E-state index in [0.29, 0.717) is 0 Å². The molecule has 0 spiro atoms. The zero-order valence-corrected chi connectivity index (χ0v) is 14.1. The molecule has 0 amide bonds. The number of hydrogen-bond donors (Lipinski definition) is 0. The first kappa shape index (κ1) is 14.7. The zero-order valence-electron chi connectivity index (χ0n) is 13.3. The maximum atomic E-state index is 13.2. The van der Waals surface area contributed by atoms with Gasteiger partial charge >= 0.3 is 0 Å². The van der Waals surface area contributed by atoms with Crippen LogP contribution in [-0.2, 0) is 0 Å². The van der Waals surface area contributed by atoms with E-state index in [1.165, 1.54) is 12.1 Å². The molecule has 5 heteroatoms. The minimum Gasteiger partial charge on any atom is -0.464 e. The third-order valence-corrected chi connectivity index (χ3v) is 5.57. The van der Waals surface area contributed by atoms with Gasteiger partial charge in [-0.05, 0) is 35.2 Å². The van der Waals surface area contributed by atoms with Crippen molar-refractivity contribution in [3.63, 3.8) is 0 Å². The smallest absolute Gasteiger partial charge is 0.222 e. The molecule has 0 unspecified atom stereocenters. The van der Waals surface area contributed by atoms with Crippen molar-refractivity contribution in [2.45, 2.75) is 18.7 Å². The third kappa shape index (κ3) is 2.43. The molecule has 2 atom stereocenters. The van der Waals surface area contributed by atoms with Gasteiger partial charge in [0.1, 0.15) is 11.6 Å². The lowest BCUT2D eigenvalue weighted by Crippen LogP contribution is -2.33. The number of para-hydroxylation sites is 1. The van der Waals surface area contributed by atoms with Gasteiger partial charge in [-0.3, -0.25) is 0 Å². The highest BCUT2D eigenvalue weighted by molar-refractivity contribution is 7.10. The minimum absolute atomic E-state index is 0.136. The van der Waals surface area contributed by atoms with E-state index in [0.717, 1.165) is 33.9 Å². The molecule has 0 bridgehead atoms. The Morgan fingerprint density at radius 2 is 1.88 bits per heavy atom. The molecule has 0 aliphatic carbocycles. The monoisotopic (exact) mass is 350 g/mol. The van der Waals surface area contributed by atoms with Gasteiger partial charge in [-0.1, -0.05) is 36.4 Å². The lowest BCUT2D eigenvalue weighted by molar-refractivity contribution is -0.0165. The van der Waals surface area contributed by atoms with Crippen LogP contribution < -0.4 is 4.74 Å². The number of thiophene rings is 1. The average Bonchev–Trinajstić information content (AvgIpc) is 3.32. The number of nitrogens with zero attached hydrogens (tertiary/aromatic N) is 2. The lowest BCUT2D eigenvalue weighted by Gasteiger charge is -2.37. The summed E-state index contributed by atoms with van der Waals surface area (Å²) in [5.74, 6) is 0.683. The Morgan fingerprint density at radius 1 is 1.04 bits per heavy atom. The second-order valence-electron chi connectivity index (χ2n) is 6.18. The molecular weight excluding hydrogens is 335 g/mol. The predicted molar refractivity (Wildman–Crippen MR) is 96.3 cm³/mol.